The Kier molecular flexibility index (Phi) is 7.09. The Morgan fingerprint density at radius 1 is 1.41 bits per heavy atom. The number of thiophene rings is 1. The third-order valence-electron chi connectivity index (χ3n) is 5.81. The summed E-state index contributed by atoms with van der Waals surface area (Å²) in [5, 5.41) is 18.3. The molecule has 1 aliphatic carbocycles. The van der Waals surface area contributed by atoms with Crippen LogP contribution in [0.25, 0.3) is 0 Å². The molecular weight excluding hydrogens is 500 g/mol. The van der Waals surface area contributed by atoms with Gasteiger partial charge in [-0.15, -0.1) is 11.3 Å². The van der Waals surface area contributed by atoms with Gasteiger partial charge in [0.1, 0.15) is 16.0 Å². The molecular formula is C21H27BrN4O5S. The first-order chi connectivity index (χ1) is 14.9. The fourth-order valence-electron chi connectivity index (χ4n) is 3.91. The monoisotopic (exact) mass is 526 g/mol. The van der Waals surface area contributed by atoms with Gasteiger partial charge in [-0.05, 0) is 70.9 Å². The van der Waals surface area contributed by atoms with Gasteiger partial charge in [0.15, 0.2) is 0 Å². The van der Waals surface area contributed by atoms with Crippen molar-refractivity contribution in [1.82, 2.24) is 9.78 Å². The number of nitrogens with zero attached hydrogens (tertiary/aromatic N) is 3. The maximum Gasteiger partial charge on any atom is 0.404 e. The van der Waals surface area contributed by atoms with Crippen molar-refractivity contribution in [2.24, 2.45) is 11.3 Å². The zero-order chi connectivity index (χ0) is 23.8. The number of rotatable bonds is 6. The second-order valence-electron chi connectivity index (χ2n) is 8.92. The van der Waals surface area contributed by atoms with E-state index in [1.54, 1.807) is 13.8 Å². The molecule has 32 heavy (non-hydrogen) atoms. The first kappa shape index (κ1) is 24.4. The number of carbonyl (C=O) groups is 2. The number of fused-ring (bicyclic) bond motifs is 1. The topological polar surface area (TPSA) is 116 Å². The zero-order valence-corrected chi connectivity index (χ0v) is 21.2. The van der Waals surface area contributed by atoms with Gasteiger partial charge in [0.25, 0.3) is 0 Å². The molecule has 0 bridgehead atoms. The number of nitrogens with one attached hydrogen (secondary N) is 1. The number of esters is 1. The molecule has 0 radical (unpaired) electrons. The fourth-order valence-corrected chi connectivity index (χ4v) is 5.67. The summed E-state index contributed by atoms with van der Waals surface area (Å²) < 4.78 is 6.78. The molecule has 0 spiro atoms. The van der Waals surface area contributed by atoms with E-state index in [0.29, 0.717) is 22.2 Å². The summed E-state index contributed by atoms with van der Waals surface area (Å²) in [5.74, 6) is -0.725. The van der Waals surface area contributed by atoms with Crippen molar-refractivity contribution in [3.8, 4) is 0 Å². The van der Waals surface area contributed by atoms with Crippen molar-refractivity contribution < 1.29 is 19.2 Å². The highest BCUT2D eigenvalue weighted by Gasteiger charge is 2.34. The Morgan fingerprint density at radius 2 is 2.09 bits per heavy atom. The van der Waals surface area contributed by atoms with Gasteiger partial charge in [0.05, 0.1) is 23.0 Å². The Bertz CT molecular complexity index is 1070. The van der Waals surface area contributed by atoms with E-state index in [-0.39, 0.29) is 28.9 Å². The first-order valence-corrected chi connectivity index (χ1v) is 12.0. The van der Waals surface area contributed by atoms with Gasteiger partial charge in [-0.2, -0.15) is 4.68 Å². The molecule has 174 valence electrons. The molecule has 2 heterocycles. The summed E-state index contributed by atoms with van der Waals surface area (Å²) in [6.45, 7) is 10.1. The second kappa shape index (κ2) is 9.30. The molecule has 0 fully saturated rings. The van der Waals surface area contributed by atoms with Crippen LogP contribution in [0, 0.1) is 28.4 Å². The lowest BCUT2D eigenvalue weighted by Crippen LogP contribution is -2.26. The number of nitro groups is 1. The van der Waals surface area contributed by atoms with E-state index in [2.05, 4.69) is 47.1 Å². The van der Waals surface area contributed by atoms with Gasteiger partial charge in [0.2, 0.25) is 5.91 Å². The zero-order valence-electron chi connectivity index (χ0n) is 18.8. The van der Waals surface area contributed by atoms with Crippen molar-refractivity contribution in [1.29, 1.82) is 0 Å². The van der Waals surface area contributed by atoms with Crippen LogP contribution in [0.2, 0.25) is 0 Å². The number of ether oxygens (including phenoxy) is 1. The van der Waals surface area contributed by atoms with E-state index in [4.69, 9.17) is 4.74 Å². The van der Waals surface area contributed by atoms with Crippen LogP contribution in [0.4, 0.5) is 10.8 Å². The predicted octanol–water partition coefficient (Wildman–Crippen LogP) is 4.89. The van der Waals surface area contributed by atoms with E-state index in [9.17, 15) is 19.7 Å². The summed E-state index contributed by atoms with van der Waals surface area (Å²) in [5.41, 5.74) is 2.00. The van der Waals surface area contributed by atoms with Gasteiger partial charge >= 0.3 is 11.8 Å². The van der Waals surface area contributed by atoms with Crippen LogP contribution in [0.5, 0.6) is 0 Å². The highest BCUT2D eigenvalue weighted by molar-refractivity contribution is 9.10. The first-order valence-electron chi connectivity index (χ1n) is 10.4. The minimum Gasteiger partial charge on any atom is -0.462 e. The Morgan fingerprint density at radius 3 is 2.66 bits per heavy atom. The SMILES string of the molecule is CCOC(=O)c1c(NC(=O)Cn2nc([N+](=O)[O-])c(Br)c2C)sc2c1CCC(C(C)(C)C)C2. The third kappa shape index (κ3) is 4.88. The molecule has 1 N–H and O–H groups in total. The standard InChI is InChI=1S/C21H27BrN4O5S/c1-6-31-20(28)16-13-8-7-12(21(3,4)5)9-14(13)32-19(16)23-15(27)10-25-11(2)17(22)18(24-25)26(29)30/h12H,6-10H2,1-5H3,(H,23,27). The fraction of sp³-hybridized carbons (Fsp3) is 0.571. The number of carbonyl (C=O) groups excluding carboxylic acids is 2. The van der Waals surface area contributed by atoms with Crippen molar-refractivity contribution in [2.75, 3.05) is 11.9 Å². The van der Waals surface area contributed by atoms with E-state index < -0.39 is 16.8 Å². The second-order valence-corrected chi connectivity index (χ2v) is 10.8. The van der Waals surface area contributed by atoms with E-state index in [1.165, 1.54) is 16.0 Å². The summed E-state index contributed by atoms with van der Waals surface area (Å²) in [4.78, 5) is 37.1. The number of anilines is 1. The van der Waals surface area contributed by atoms with Crippen LogP contribution in [-0.4, -0.2) is 33.2 Å². The van der Waals surface area contributed by atoms with Crippen molar-refractivity contribution >= 4 is 50.0 Å². The molecule has 0 aliphatic heterocycles. The quantitative estimate of drug-likeness (QED) is 0.325. The summed E-state index contributed by atoms with van der Waals surface area (Å²) in [7, 11) is 0. The summed E-state index contributed by atoms with van der Waals surface area (Å²) in [6.07, 6.45) is 2.58. The minimum atomic E-state index is -0.608. The number of aromatic nitrogens is 2. The lowest BCUT2D eigenvalue weighted by molar-refractivity contribution is -0.390. The van der Waals surface area contributed by atoms with Gasteiger partial charge in [-0.1, -0.05) is 20.8 Å². The van der Waals surface area contributed by atoms with Gasteiger partial charge in [-0.3, -0.25) is 4.79 Å². The van der Waals surface area contributed by atoms with Crippen LogP contribution < -0.4 is 5.32 Å². The Labute approximate surface area is 198 Å². The molecule has 0 saturated heterocycles. The van der Waals surface area contributed by atoms with Gasteiger partial charge in [0, 0.05) is 4.88 Å². The molecule has 11 heteroatoms. The van der Waals surface area contributed by atoms with Crippen LogP contribution in [0.1, 0.15) is 60.6 Å². The number of amides is 1. The molecule has 0 aromatic carbocycles. The molecule has 1 aliphatic rings. The normalized spacial score (nSPS) is 15.9. The highest BCUT2D eigenvalue weighted by atomic mass is 79.9. The smallest absolute Gasteiger partial charge is 0.404 e. The van der Waals surface area contributed by atoms with Gasteiger partial charge in [-0.25, -0.2) is 4.79 Å². The highest BCUT2D eigenvalue weighted by Crippen LogP contribution is 2.44. The summed E-state index contributed by atoms with van der Waals surface area (Å²) >= 11 is 4.56. The van der Waals surface area contributed by atoms with E-state index in [0.717, 1.165) is 29.7 Å². The van der Waals surface area contributed by atoms with Crippen LogP contribution in [0.3, 0.4) is 0 Å². The molecule has 1 unspecified atom stereocenters. The van der Waals surface area contributed by atoms with Crippen LogP contribution >= 0.6 is 27.3 Å². The van der Waals surface area contributed by atoms with E-state index >= 15 is 0 Å². The average Bonchev–Trinajstić information content (AvgIpc) is 3.18. The van der Waals surface area contributed by atoms with Gasteiger partial charge < -0.3 is 20.2 Å². The maximum absolute atomic E-state index is 12.8. The molecule has 1 amide bonds. The Hall–Kier alpha value is -2.27. The molecule has 2 aromatic heterocycles. The largest absolute Gasteiger partial charge is 0.462 e. The molecule has 2 aromatic rings. The number of hydrogen-bond donors (Lipinski definition) is 1. The van der Waals surface area contributed by atoms with Crippen LogP contribution in [0.15, 0.2) is 4.47 Å². The minimum absolute atomic E-state index is 0.148. The molecule has 3 rings (SSSR count). The molecule has 9 nitrogen and oxygen atoms in total. The Balaban J connectivity index is 1.88. The predicted molar refractivity (Wildman–Crippen MR) is 125 cm³/mol. The lowest BCUT2D eigenvalue weighted by atomic mass is 9.72. The molecule has 1 atom stereocenters. The van der Waals surface area contributed by atoms with Crippen LogP contribution in [-0.2, 0) is 28.9 Å². The van der Waals surface area contributed by atoms with Crippen molar-refractivity contribution in [3.05, 3.63) is 36.3 Å². The third-order valence-corrected chi connectivity index (χ3v) is 7.90. The maximum atomic E-state index is 12.8. The number of hydrogen-bond acceptors (Lipinski definition) is 7. The lowest BCUT2D eigenvalue weighted by Gasteiger charge is -2.33. The average molecular weight is 527 g/mol. The molecule has 0 saturated carbocycles. The summed E-state index contributed by atoms with van der Waals surface area (Å²) in [6, 6.07) is 0. The van der Waals surface area contributed by atoms with Crippen molar-refractivity contribution in [2.45, 2.75) is 60.4 Å². The van der Waals surface area contributed by atoms with Crippen molar-refractivity contribution in [3.63, 3.8) is 0 Å². The van der Waals surface area contributed by atoms with E-state index in [1.807, 2.05) is 0 Å². The number of halogens is 1.